The third kappa shape index (κ3) is 4.92. The van der Waals surface area contributed by atoms with Gasteiger partial charge in [0.1, 0.15) is 5.75 Å². The van der Waals surface area contributed by atoms with Crippen LogP contribution >= 0.6 is 11.6 Å². The van der Waals surface area contributed by atoms with Crippen molar-refractivity contribution in [3.8, 4) is 16.9 Å². The van der Waals surface area contributed by atoms with Crippen LogP contribution in [0.2, 0.25) is 5.02 Å². The van der Waals surface area contributed by atoms with Crippen LogP contribution in [0.1, 0.15) is 41.6 Å². The zero-order valence-electron chi connectivity index (χ0n) is 16.6. The Labute approximate surface area is 181 Å². The van der Waals surface area contributed by atoms with Gasteiger partial charge in [0.2, 0.25) is 0 Å². The first kappa shape index (κ1) is 20.2. The van der Waals surface area contributed by atoms with Crippen molar-refractivity contribution in [1.29, 1.82) is 0 Å². The molecule has 152 valence electrons. The highest BCUT2D eigenvalue weighted by molar-refractivity contribution is 6.32. The van der Waals surface area contributed by atoms with E-state index in [0.29, 0.717) is 10.8 Å². The summed E-state index contributed by atoms with van der Waals surface area (Å²) in [6, 6.07) is 23.7. The standard InChI is InChI=1S/C26H23ClO3/c27-24-17-22(26(28)29)12-15-25(24)30-23-13-8-19(9-14-23)16-18-6-10-21(11-7-18)20-4-2-1-3-5-20/h1-7,10-12,15-17,23H,8-9,13-14H2,(H,28,29). The molecule has 0 unspecified atom stereocenters. The highest BCUT2D eigenvalue weighted by Crippen LogP contribution is 2.32. The van der Waals surface area contributed by atoms with Crippen LogP contribution in [-0.2, 0) is 0 Å². The Morgan fingerprint density at radius 1 is 0.933 bits per heavy atom. The van der Waals surface area contributed by atoms with Crippen LogP contribution < -0.4 is 4.74 Å². The van der Waals surface area contributed by atoms with Gasteiger partial charge in [-0.2, -0.15) is 0 Å². The van der Waals surface area contributed by atoms with Crippen molar-refractivity contribution in [1.82, 2.24) is 0 Å². The first-order chi connectivity index (χ1) is 14.6. The van der Waals surface area contributed by atoms with Crippen LogP contribution in [0.25, 0.3) is 17.2 Å². The van der Waals surface area contributed by atoms with Crippen molar-refractivity contribution in [2.45, 2.75) is 31.8 Å². The molecule has 3 nitrogen and oxygen atoms in total. The molecule has 30 heavy (non-hydrogen) atoms. The Morgan fingerprint density at radius 2 is 1.60 bits per heavy atom. The molecule has 1 N–H and O–H groups in total. The zero-order valence-corrected chi connectivity index (χ0v) is 17.3. The number of hydrogen-bond donors (Lipinski definition) is 1. The van der Waals surface area contributed by atoms with Gasteiger partial charge in [0.15, 0.2) is 0 Å². The lowest BCUT2D eigenvalue weighted by atomic mass is 9.91. The molecular weight excluding hydrogens is 396 g/mol. The third-order valence-corrected chi connectivity index (χ3v) is 5.73. The summed E-state index contributed by atoms with van der Waals surface area (Å²) in [6.45, 7) is 0. The van der Waals surface area contributed by atoms with E-state index in [1.165, 1.54) is 34.4 Å². The predicted molar refractivity (Wildman–Crippen MR) is 121 cm³/mol. The smallest absolute Gasteiger partial charge is 0.335 e. The van der Waals surface area contributed by atoms with Gasteiger partial charge < -0.3 is 9.84 Å². The van der Waals surface area contributed by atoms with Crippen LogP contribution in [0.15, 0.2) is 78.4 Å². The van der Waals surface area contributed by atoms with Gasteiger partial charge in [0.05, 0.1) is 16.7 Å². The average molecular weight is 419 g/mol. The number of carboxylic acid groups (broad SMARTS) is 1. The average Bonchev–Trinajstić information content (AvgIpc) is 2.77. The van der Waals surface area contributed by atoms with E-state index in [9.17, 15) is 4.79 Å². The van der Waals surface area contributed by atoms with Crippen LogP contribution in [0.3, 0.4) is 0 Å². The summed E-state index contributed by atoms with van der Waals surface area (Å²) in [6.07, 6.45) is 6.18. The van der Waals surface area contributed by atoms with Crippen LogP contribution in [0, 0.1) is 0 Å². The van der Waals surface area contributed by atoms with E-state index in [4.69, 9.17) is 21.4 Å². The number of allylic oxidation sites excluding steroid dienone is 1. The van der Waals surface area contributed by atoms with Crippen LogP contribution in [0.4, 0.5) is 0 Å². The summed E-state index contributed by atoms with van der Waals surface area (Å²) >= 11 is 6.19. The number of halogens is 1. The number of carbonyl (C=O) groups is 1. The summed E-state index contributed by atoms with van der Waals surface area (Å²) in [5, 5.41) is 9.38. The molecule has 0 atom stereocenters. The number of hydrogen-bond acceptors (Lipinski definition) is 2. The van der Waals surface area contributed by atoms with E-state index >= 15 is 0 Å². The molecule has 3 aromatic carbocycles. The van der Waals surface area contributed by atoms with Crippen LogP contribution in [0.5, 0.6) is 5.75 Å². The topological polar surface area (TPSA) is 46.5 Å². The molecule has 1 fully saturated rings. The summed E-state index contributed by atoms with van der Waals surface area (Å²) in [5.74, 6) is -0.441. The molecule has 3 aromatic rings. The maximum absolute atomic E-state index is 11.0. The fourth-order valence-electron chi connectivity index (χ4n) is 3.77. The quantitative estimate of drug-likeness (QED) is 0.480. The summed E-state index contributed by atoms with van der Waals surface area (Å²) in [4.78, 5) is 11.0. The lowest BCUT2D eigenvalue weighted by molar-refractivity contribution is 0.0697. The van der Waals surface area contributed by atoms with Gasteiger partial charge in [0.25, 0.3) is 0 Å². The van der Waals surface area contributed by atoms with Gasteiger partial charge in [-0.05, 0) is 60.6 Å². The van der Waals surface area contributed by atoms with E-state index in [-0.39, 0.29) is 11.7 Å². The fourth-order valence-corrected chi connectivity index (χ4v) is 4.00. The molecule has 0 spiro atoms. The second-order valence-electron chi connectivity index (χ2n) is 7.56. The number of carboxylic acids is 1. The van der Waals surface area contributed by atoms with E-state index < -0.39 is 5.97 Å². The maximum atomic E-state index is 11.0. The monoisotopic (exact) mass is 418 g/mol. The minimum atomic E-state index is -0.993. The molecule has 0 aromatic heterocycles. The first-order valence-electron chi connectivity index (χ1n) is 10.1. The molecule has 4 rings (SSSR count). The Hall–Kier alpha value is -3.04. The molecule has 0 radical (unpaired) electrons. The largest absolute Gasteiger partial charge is 0.489 e. The minimum Gasteiger partial charge on any atom is -0.489 e. The van der Waals surface area contributed by atoms with Crippen molar-refractivity contribution < 1.29 is 14.6 Å². The van der Waals surface area contributed by atoms with Crippen molar-refractivity contribution in [3.05, 3.63) is 94.5 Å². The Balaban J connectivity index is 1.35. The SMILES string of the molecule is O=C(O)c1ccc(OC2CCC(=Cc3ccc(-c4ccccc4)cc3)CC2)c(Cl)c1. The molecule has 1 aliphatic carbocycles. The number of ether oxygens (including phenoxy) is 1. The van der Waals surface area contributed by atoms with E-state index in [1.807, 2.05) is 6.07 Å². The number of benzene rings is 3. The zero-order chi connectivity index (χ0) is 20.9. The molecule has 0 heterocycles. The first-order valence-corrected chi connectivity index (χ1v) is 10.5. The highest BCUT2D eigenvalue weighted by atomic mass is 35.5. The Kier molecular flexibility index (Phi) is 6.20. The summed E-state index contributed by atoms with van der Waals surface area (Å²) < 4.78 is 6.03. The van der Waals surface area contributed by atoms with Gasteiger partial charge in [-0.3, -0.25) is 0 Å². The molecule has 1 aliphatic rings. The molecule has 0 saturated heterocycles. The summed E-state index contributed by atoms with van der Waals surface area (Å²) in [5.41, 5.74) is 5.26. The van der Waals surface area contributed by atoms with Gasteiger partial charge >= 0.3 is 5.97 Å². The van der Waals surface area contributed by atoms with Crippen LogP contribution in [-0.4, -0.2) is 17.2 Å². The highest BCUT2D eigenvalue weighted by Gasteiger charge is 2.19. The van der Waals surface area contributed by atoms with Gasteiger partial charge in [-0.1, -0.05) is 77.8 Å². The molecule has 4 heteroatoms. The predicted octanol–water partition coefficient (Wildman–Crippen LogP) is 7.11. The van der Waals surface area contributed by atoms with Crippen molar-refractivity contribution in [2.24, 2.45) is 0 Å². The number of aromatic carboxylic acids is 1. The normalized spacial score (nSPS) is 16.2. The lowest BCUT2D eigenvalue weighted by Gasteiger charge is -2.25. The second kappa shape index (κ2) is 9.19. The molecule has 0 bridgehead atoms. The van der Waals surface area contributed by atoms with Gasteiger partial charge in [-0.15, -0.1) is 0 Å². The minimum absolute atomic E-state index is 0.0933. The molecular formula is C26H23ClO3. The number of rotatable bonds is 5. The Morgan fingerprint density at radius 3 is 2.23 bits per heavy atom. The van der Waals surface area contributed by atoms with E-state index in [1.54, 1.807) is 6.07 Å². The molecule has 0 aliphatic heterocycles. The van der Waals surface area contributed by atoms with Crippen molar-refractivity contribution in [3.63, 3.8) is 0 Å². The molecule has 1 saturated carbocycles. The Bertz CT molecular complexity index is 1050. The lowest BCUT2D eigenvalue weighted by Crippen LogP contribution is -2.21. The molecule has 0 amide bonds. The van der Waals surface area contributed by atoms with Crippen molar-refractivity contribution >= 4 is 23.6 Å². The second-order valence-corrected chi connectivity index (χ2v) is 7.97. The van der Waals surface area contributed by atoms with E-state index in [2.05, 4.69) is 54.6 Å². The van der Waals surface area contributed by atoms with Crippen molar-refractivity contribution in [2.75, 3.05) is 0 Å². The van der Waals surface area contributed by atoms with Gasteiger partial charge in [0, 0.05) is 0 Å². The third-order valence-electron chi connectivity index (χ3n) is 5.44. The van der Waals surface area contributed by atoms with E-state index in [0.717, 1.165) is 25.7 Å². The maximum Gasteiger partial charge on any atom is 0.335 e. The summed E-state index contributed by atoms with van der Waals surface area (Å²) in [7, 11) is 0. The fraction of sp³-hybridized carbons (Fsp3) is 0.192. The van der Waals surface area contributed by atoms with Gasteiger partial charge in [-0.25, -0.2) is 4.79 Å².